The minimum Gasteiger partial charge on any atom is -0.299 e. The number of aryl methyl sites for hydroxylation is 1. The fraction of sp³-hybridized carbons (Fsp3) is 0.667. The van der Waals surface area contributed by atoms with Gasteiger partial charge in [0.1, 0.15) is 5.78 Å². The quantitative estimate of drug-likeness (QED) is 0.753. The van der Waals surface area contributed by atoms with Crippen LogP contribution in [0.15, 0.2) is 16.8 Å². The molecule has 1 aliphatic carbocycles. The van der Waals surface area contributed by atoms with Crippen LogP contribution in [0.2, 0.25) is 0 Å². The van der Waals surface area contributed by atoms with Gasteiger partial charge in [0, 0.05) is 12.3 Å². The molecule has 94 valence electrons. The number of ketones is 1. The molecule has 0 radical (unpaired) electrons. The maximum absolute atomic E-state index is 12.1. The molecule has 0 atom stereocenters. The van der Waals surface area contributed by atoms with Crippen LogP contribution in [0.5, 0.6) is 0 Å². The third kappa shape index (κ3) is 3.67. The third-order valence-corrected chi connectivity index (χ3v) is 4.85. The SMILES string of the molecule is CCC1CCC(C(=O)CCc2ccsc2)CC1. The zero-order valence-corrected chi connectivity index (χ0v) is 11.5. The van der Waals surface area contributed by atoms with Crippen molar-refractivity contribution in [2.24, 2.45) is 11.8 Å². The molecule has 2 heteroatoms. The maximum Gasteiger partial charge on any atom is 0.136 e. The van der Waals surface area contributed by atoms with Crippen LogP contribution < -0.4 is 0 Å². The molecule has 2 rings (SSSR count). The Morgan fingerprint density at radius 3 is 2.71 bits per heavy atom. The summed E-state index contributed by atoms with van der Waals surface area (Å²) in [6.07, 6.45) is 7.79. The van der Waals surface area contributed by atoms with E-state index in [1.54, 1.807) is 11.3 Å². The van der Waals surface area contributed by atoms with Crippen molar-refractivity contribution in [3.63, 3.8) is 0 Å². The van der Waals surface area contributed by atoms with E-state index in [0.29, 0.717) is 11.7 Å². The molecule has 0 unspecified atom stereocenters. The molecule has 0 spiro atoms. The Morgan fingerprint density at radius 2 is 2.12 bits per heavy atom. The van der Waals surface area contributed by atoms with Crippen molar-refractivity contribution >= 4 is 17.1 Å². The second-order valence-corrected chi connectivity index (χ2v) is 6.00. The van der Waals surface area contributed by atoms with Gasteiger partial charge in [-0.1, -0.05) is 13.3 Å². The second-order valence-electron chi connectivity index (χ2n) is 5.22. The molecular formula is C15H22OS. The van der Waals surface area contributed by atoms with Crippen LogP contribution >= 0.6 is 11.3 Å². The van der Waals surface area contributed by atoms with Crippen LogP contribution in [0, 0.1) is 11.8 Å². The predicted molar refractivity (Wildman–Crippen MR) is 73.4 cm³/mol. The maximum atomic E-state index is 12.1. The molecule has 1 aromatic rings. The van der Waals surface area contributed by atoms with E-state index in [4.69, 9.17) is 0 Å². The Kier molecular flexibility index (Phi) is 4.78. The molecule has 0 aliphatic heterocycles. The number of Topliss-reactive ketones (excluding diaryl/α,β-unsaturated/α-hetero) is 1. The largest absolute Gasteiger partial charge is 0.299 e. The molecule has 0 bridgehead atoms. The molecule has 17 heavy (non-hydrogen) atoms. The summed E-state index contributed by atoms with van der Waals surface area (Å²) in [5.41, 5.74) is 1.32. The number of thiophene rings is 1. The van der Waals surface area contributed by atoms with Crippen LogP contribution in [0.4, 0.5) is 0 Å². The van der Waals surface area contributed by atoms with Gasteiger partial charge in [-0.3, -0.25) is 4.79 Å². The number of rotatable bonds is 5. The molecule has 1 saturated carbocycles. The Hall–Kier alpha value is -0.630. The van der Waals surface area contributed by atoms with E-state index in [9.17, 15) is 4.79 Å². The van der Waals surface area contributed by atoms with E-state index in [-0.39, 0.29) is 0 Å². The summed E-state index contributed by atoms with van der Waals surface area (Å²) in [6.45, 7) is 2.27. The van der Waals surface area contributed by atoms with E-state index in [0.717, 1.165) is 31.6 Å². The van der Waals surface area contributed by atoms with E-state index in [1.165, 1.54) is 24.8 Å². The molecule has 0 N–H and O–H groups in total. The monoisotopic (exact) mass is 250 g/mol. The summed E-state index contributed by atoms with van der Waals surface area (Å²) < 4.78 is 0. The minimum absolute atomic E-state index is 0.372. The van der Waals surface area contributed by atoms with Gasteiger partial charge in [-0.25, -0.2) is 0 Å². The lowest BCUT2D eigenvalue weighted by molar-refractivity contribution is -0.124. The van der Waals surface area contributed by atoms with Crippen molar-refractivity contribution in [3.8, 4) is 0 Å². The lowest BCUT2D eigenvalue weighted by Crippen LogP contribution is -2.21. The van der Waals surface area contributed by atoms with Gasteiger partial charge in [0.15, 0.2) is 0 Å². The first kappa shape index (κ1) is 12.8. The number of hydrogen-bond donors (Lipinski definition) is 0. The first-order chi connectivity index (χ1) is 8.29. The first-order valence-corrected chi connectivity index (χ1v) is 7.77. The van der Waals surface area contributed by atoms with Gasteiger partial charge >= 0.3 is 0 Å². The van der Waals surface area contributed by atoms with E-state index < -0.39 is 0 Å². The zero-order chi connectivity index (χ0) is 12.1. The Morgan fingerprint density at radius 1 is 1.35 bits per heavy atom. The smallest absolute Gasteiger partial charge is 0.136 e. The average Bonchev–Trinajstić information content (AvgIpc) is 2.89. The molecular weight excluding hydrogens is 228 g/mol. The summed E-state index contributed by atoms with van der Waals surface area (Å²) in [5.74, 6) is 1.76. The van der Waals surface area contributed by atoms with Crippen molar-refractivity contribution in [1.29, 1.82) is 0 Å². The Bertz CT molecular complexity index is 334. The fourth-order valence-electron chi connectivity index (χ4n) is 2.80. The van der Waals surface area contributed by atoms with Crippen LogP contribution in [0.25, 0.3) is 0 Å². The molecule has 0 amide bonds. The van der Waals surface area contributed by atoms with Crippen LogP contribution in [-0.4, -0.2) is 5.78 Å². The average molecular weight is 250 g/mol. The van der Waals surface area contributed by atoms with Gasteiger partial charge in [0.2, 0.25) is 0 Å². The summed E-state index contributed by atoms with van der Waals surface area (Å²) >= 11 is 1.72. The summed E-state index contributed by atoms with van der Waals surface area (Å²) in [4.78, 5) is 12.1. The molecule has 0 aromatic carbocycles. The number of carbonyl (C=O) groups excluding carboxylic acids is 1. The summed E-state index contributed by atoms with van der Waals surface area (Å²) in [7, 11) is 0. The zero-order valence-electron chi connectivity index (χ0n) is 10.7. The normalized spacial score (nSPS) is 24.8. The summed E-state index contributed by atoms with van der Waals surface area (Å²) in [5, 5.41) is 4.24. The molecule has 1 aromatic heterocycles. The minimum atomic E-state index is 0.372. The van der Waals surface area contributed by atoms with Crippen molar-refractivity contribution in [1.82, 2.24) is 0 Å². The Balaban J connectivity index is 1.73. The number of hydrogen-bond acceptors (Lipinski definition) is 2. The van der Waals surface area contributed by atoms with Crippen LogP contribution in [0.1, 0.15) is 51.0 Å². The first-order valence-electron chi connectivity index (χ1n) is 6.83. The highest BCUT2D eigenvalue weighted by Gasteiger charge is 2.24. The van der Waals surface area contributed by atoms with Gasteiger partial charge in [0.05, 0.1) is 0 Å². The van der Waals surface area contributed by atoms with Gasteiger partial charge in [-0.2, -0.15) is 11.3 Å². The van der Waals surface area contributed by atoms with E-state index in [2.05, 4.69) is 23.8 Å². The molecule has 0 saturated heterocycles. The highest BCUT2D eigenvalue weighted by Crippen LogP contribution is 2.31. The van der Waals surface area contributed by atoms with Gasteiger partial charge in [0.25, 0.3) is 0 Å². The van der Waals surface area contributed by atoms with E-state index in [1.807, 2.05) is 0 Å². The number of carbonyl (C=O) groups is 1. The highest BCUT2D eigenvalue weighted by atomic mass is 32.1. The summed E-state index contributed by atoms with van der Waals surface area (Å²) in [6, 6.07) is 2.13. The van der Waals surface area contributed by atoms with Gasteiger partial charge in [-0.15, -0.1) is 0 Å². The van der Waals surface area contributed by atoms with Crippen molar-refractivity contribution in [2.45, 2.75) is 51.9 Å². The fourth-order valence-corrected chi connectivity index (χ4v) is 3.50. The van der Waals surface area contributed by atoms with Crippen LogP contribution in [0.3, 0.4) is 0 Å². The van der Waals surface area contributed by atoms with Crippen LogP contribution in [-0.2, 0) is 11.2 Å². The van der Waals surface area contributed by atoms with Crippen molar-refractivity contribution in [2.75, 3.05) is 0 Å². The standard InChI is InChI=1S/C15H22OS/c1-2-12-3-6-14(7-4-12)15(16)8-5-13-9-10-17-11-13/h9-12,14H,2-8H2,1H3. The van der Waals surface area contributed by atoms with Crippen molar-refractivity contribution in [3.05, 3.63) is 22.4 Å². The van der Waals surface area contributed by atoms with Gasteiger partial charge in [-0.05, 0) is 60.4 Å². The third-order valence-electron chi connectivity index (χ3n) is 4.12. The topological polar surface area (TPSA) is 17.1 Å². The highest BCUT2D eigenvalue weighted by molar-refractivity contribution is 7.07. The predicted octanol–water partition coefficient (Wildman–Crippen LogP) is 4.47. The molecule has 1 aliphatic rings. The second kappa shape index (κ2) is 6.34. The molecule has 1 heterocycles. The Labute approximate surface area is 108 Å². The molecule has 1 nitrogen and oxygen atoms in total. The molecule has 1 fully saturated rings. The van der Waals surface area contributed by atoms with E-state index >= 15 is 0 Å². The van der Waals surface area contributed by atoms with Crippen molar-refractivity contribution < 1.29 is 4.79 Å². The van der Waals surface area contributed by atoms with Gasteiger partial charge < -0.3 is 0 Å². The lowest BCUT2D eigenvalue weighted by atomic mass is 9.78. The lowest BCUT2D eigenvalue weighted by Gasteiger charge is -2.26.